The Morgan fingerprint density at radius 3 is 2.55 bits per heavy atom. The molecule has 0 aromatic rings. The molecular formula is C9H21NO. The molecule has 1 N–H and O–H groups in total. The summed E-state index contributed by atoms with van der Waals surface area (Å²) >= 11 is 0. The molecule has 11 heavy (non-hydrogen) atoms. The monoisotopic (exact) mass is 159 g/mol. The normalized spacial score (nSPS) is 13.4. The van der Waals surface area contributed by atoms with Gasteiger partial charge in [0.25, 0.3) is 0 Å². The highest BCUT2D eigenvalue weighted by Gasteiger charge is 2.03. The summed E-state index contributed by atoms with van der Waals surface area (Å²) in [7, 11) is 2.00. The number of rotatable bonds is 7. The van der Waals surface area contributed by atoms with E-state index in [-0.39, 0.29) is 0 Å². The first-order valence-corrected chi connectivity index (χ1v) is 4.57. The van der Waals surface area contributed by atoms with E-state index in [9.17, 15) is 0 Å². The summed E-state index contributed by atoms with van der Waals surface area (Å²) < 4.78 is 5.28. The van der Waals surface area contributed by atoms with E-state index in [1.165, 1.54) is 12.8 Å². The van der Waals surface area contributed by atoms with Gasteiger partial charge in [-0.25, -0.2) is 0 Å². The van der Waals surface area contributed by atoms with Crippen LogP contribution in [-0.2, 0) is 4.74 Å². The molecule has 0 fully saturated rings. The van der Waals surface area contributed by atoms with Gasteiger partial charge in [-0.2, -0.15) is 0 Å². The van der Waals surface area contributed by atoms with Crippen LogP contribution in [0.25, 0.3) is 0 Å². The van der Waals surface area contributed by atoms with Crippen molar-refractivity contribution in [1.82, 2.24) is 5.32 Å². The van der Waals surface area contributed by atoms with Crippen molar-refractivity contribution in [3.63, 3.8) is 0 Å². The van der Waals surface area contributed by atoms with Crippen LogP contribution >= 0.6 is 0 Å². The molecule has 0 saturated heterocycles. The Labute approximate surface area is 70.3 Å². The molecule has 68 valence electrons. The number of hydrogen-bond donors (Lipinski definition) is 1. The van der Waals surface area contributed by atoms with Gasteiger partial charge in [-0.3, -0.25) is 0 Å². The number of nitrogens with one attached hydrogen (secondary N) is 1. The molecule has 0 aromatic carbocycles. The molecule has 2 heteroatoms. The van der Waals surface area contributed by atoms with Gasteiger partial charge in [-0.05, 0) is 32.9 Å². The van der Waals surface area contributed by atoms with Crippen molar-refractivity contribution in [3.8, 4) is 0 Å². The van der Waals surface area contributed by atoms with Crippen molar-refractivity contribution >= 4 is 0 Å². The smallest absolute Gasteiger partial charge is 0.0469 e. The Morgan fingerprint density at radius 1 is 1.36 bits per heavy atom. The van der Waals surface area contributed by atoms with Gasteiger partial charge in [-0.15, -0.1) is 0 Å². The molecule has 0 aliphatic carbocycles. The first-order chi connectivity index (χ1) is 5.35. The lowest BCUT2D eigenvalue weighted by molar-refractivity contribution is 0.131. The Kier molecular flexibility index (Phi) is 7.96. The predicted molar refractivity (Wildman–Crippen MR) is 48.8 cm³/mol. The summed E-state index contributed by atoms with van der Waals surface area (Å²) in [5.41, 5.74) is 0. The van der Waals surface area contributed by atoms with Gasteiger partial charge in [0.05, 0.1) is 0 Å². The highest BCUT2D eigenvalue weighted by atomic mass is 16.5. The van der Waals surface area contributed by atoms with E-state index >= 15 is 0 Å². The van der Waals surface area contributed by atoms with Crippen molar-refractivity contribution in [2.45, 2.75) is 26.7 Å². The average Bonchev–Trinajstić information content (AvgIpc) is 2.03. The zero-order chi connectivity index (χ0) is 8.53. The van der Waals surface area contributed by atoms with Crippen molar-refractivity contribution in [1.29, 1.82) is 0 Å². The van der Waals surface area contributed by atoms with E-state index in [4.69, 9.17) is 4.74 Å². The Balaban J connectivity index is 3.20. The first kappa shape index (κ1) is 10.9. The third-order valence-corrected chi connectivity index (χ3v) is 1.94. The van der Waals surface area contributed by atoms with Crippen LogP contribution in [0, 0.1) is 5.92 Å². The van der Waals surface area contributed by atoms with Gasteiger partial charge in [0.1, 0.15) is 0 Å². The molecular weight excluding hydrogens is 138 g/mol. The molecule has 0 heterocycles. The predicted octanol–water partition coefficient (Wildman–Crippen LogP) is 1.66. The highest BCUT2D eigenvalue weighted by molar-refractivity contribution is 4.58. The molecule has 0 amide bonds. The lowest BCUT2D eigenvalue weighted by Gasteiger charge is -2.13. The molecule has 2 nitrogen and oxygen atoms in total. The summed E-state index contributed by atoms with van der Waals surface area (Å²) in [4.78, 5) is 0. The van der Waals surface area contributed by atoms with Crippen LogP contribution in [-0.4, -0.2) is 26.8 Å². The maximum atomic E-state index is 5.28. The Hall–Kier alpha value is -0.0800. The van der Waals surface area contributed by atoms with E-state index in [1.54, 1.807) is 0 Å². The van der Waals surface area contributed by atoms with E-state index in [1.807, 2.05) is 14.0 Å². The van der Waals surface area contributed by atoms with E-state index in [0.29, 0.717) is 0 Å². The largest absolute Gasteiger partial charge is 0.382 e. The van der Waals surface area contributed by atoms with Crippen LogP contribution in [0.4, 0.5) is 0 Å². The Morgan fingerprint density at radius 2 is 2.09 bits per heavy atom. The van der Waals surface area contributed by atoms with Crippen LogP contribution in [0.1, 0.15) is 26.7 Å². The van der Waals surface area contributed by atoms with Gasteiger partial charge < -0.3 is 10.1 Å². The van der Waals surface area contributed by atoms with Crippen LogP contribution in [0.15, 0.2) is 0 Å². The van der Waals surface area contributed by atoms with Crippen molar-refractivity contribution in [2.24, 2.45) is 5.92 Å². The van der Waals surface area contributed by atoms with Gasteiger partial charge in [0, 0.05) is 13.2 Å². The third-order valence-electron chi connectivity index (χ3n) is 1.94. The van der Waals surface area contributed by atoms with Crippen molar-refractivity contribution in [3.05, 3.63) is 0 Å². The second-order valence-corrected chi connectivity index (χ2v) is 2.82. The highest BCUT2D eigenvalue weighted by Crippen LogP contribution is 2.06. The molecule has 0 aliphatic rings. The Bertz CT molecular complexity index is 76.0. The topological polar surface area (TPSA) is 21.3 Å². The second-order valence-electron chi connectivity index (χ2n) is 2.82. The molecule has 0 rings (SSSR count). The fraction of sp³-hybridized carbons (Fsp3) is 1.00. The van der Waals surface area contributed by atoms with Crippen LogP contribution in [0.2, 0.25) is 0 Å². The van der Waals surface area contributed by atoms with Crippen molar-refractivity contribution in [2.75, 3.05) is 26.8 Å². The molecule has 1 unspecified atom stereocenters. The summed E-state index contributed by atoms with van der Waals surface area (Å²) in [6, 6.07) is 0. The lowest BCUT2D eigenvalue weighted by Crippen LogP contribution is -2.19. The van der Waals surface area contributed by atoms with Gasteiger partial charge >= 0.3 is 0 Å². The summed E-state index contributed by atoms with van der Waals surface area (Å²) in [6.45, 7) is 7.14. The van der Waals surface area contributed by atoms with E-state index < -0.39 is 0 Å². The minimum absolute atomic E-state index is 0.784. The minimum Gasteiger partial charge on any atom is -0.382 e. The maximum Gasteiger partial charge on any atom is 0.0469 e. The fourth-order valence-corrected chi connectivity index (χ4v) is 1.13. The average molecular weight is 159 g/mol. The zero-order valence-electron chi connectivity index (χ0n) is 8.02. The quantitative estimate of drug-likeness (QED) is 0.570. The molecule has 0 spiro atoms. The van der Waals surface area contributed by atoms with Gasteiger partial charge in [-0.1, -0.05) is 13.3 Å². The van der Waals surface area contributed by atoms with Crippen LogP contribution in [0.3, 0.4) is 0 Å². The molecule has 0 saturated carbocycles. The van der Waals surface area contributed by atoms with Crippen molar-refractivity contribution < 1.29 is 4.74 Å². The molecule has 0 aromatic heterocycles. The molecule has 0 bridgehead atoms. The SMILES string of the molecule is CCOCCC(CC)CNC. The molecule has 1 atom stereocenters. The van der Waals surface area contributed by atoms with Crippen LogP contribution < -0.4 is 5.32 Å². The summed E-state index contributed by atoms with van der Waals surface area (Å²) in [6.07, 6.45) is 2.43. The number of ether oxygens (including phenoxy) is 1. The zero-order valence-corrected chi connectivity index (χ0v) is 8.02. The third kappa shape index (κ3) is 6.32. The van der Waals surface area contributed by atoms with Gasteiger partial charge in [0.15, 0.2) is 0 Å². The molecule has 0 aliphatic heterocycles. The van der Waals surface area contributed by atoms with E-state index in [2.05, 4.69) is 12.2 Å². The second kappa shape index (κ2) is 8.02. The summed E-state index contributed by atoms with van der Waals surface area (Å²) in [5.74, 6) is 0.784. The standard InChI is InChI=1S/C9H21NO/c1-4-9(8-10-3)6-7-11-5-2/h9-10H,4-8H2,1-3H3. The fourth-order valence-electron chi connectivity index (χ4n) is 1.13. The first-order valence-electron chi connectivity index (χ1n) is 4.57. The van der Waals surface area contributed by atoms with Gasteiger partial charge in [0.2, 0.25) is 0 Å². The summed E-state index contributed by atoms with van der Waals surface area (Å²) in [5, 5.41) is 3.19. The van der Waals surface area contributed by atoms with E-state index in [0.717, 1.165) is 25.7 Å². The lowest BCUT2D eigenvalue weighted by atomic mass is 10.0. The maximum absolute atomic E-state index is 5.28. The molecule has 0 radical (unpaired) electrons. The number of hydrogen-bond acceptors (Lipinski definition) is 2. The minimum atomic E-state index is 0.784. The van der Waals surface area contributed by atoms with Crippen LogP contribution in [0.5, 0.6) is 0 Å².